The molecule has 0 saturated carbocycles. The monoisotopic (exact) mass is 588 g/mol. The number of nitrogens with zero attached hydrogens (tertiary/aromatic N) is 2. The Morgan fingerprint density at radius 2 is 1.76 bits per heavy atom. The number of methoxy groups -OCH3 is 1. The van der Waals surface area contributed by atoms with Crippen LogP contribution >= 0.6 is 11.3 Å². The quantitative estimate of drug-likeness (QED) is 0.230. The lowest BCUT2D eigenvalue weighted by atomic mass is 9.97. The molecule has 0 fully saturated rings. The maximum atomic E-state index is 13.5. The van der Waals surface area contributed by atoms with E-state index in [0.717, 1.165) is 38.3 Å². The number of rotatable bonds is 8. The zero-order valence-corrected chi connectivity index (χ0v) is 25.7. The van der Waals surface area contributed by atoms with E-state index in [1.807, 2.05) is 63.5 Å². The molecule has 42 heavy (non-hydrogen) atoms. The number of ether oxygens (including phenoxy) is 2. The Morgan fingerprint density at radius 3 is 2.43 bits per heavy atom. The first-order valence-electron chi connectivity index (χ1n) is 13.5. The van der Waals surface area contributed by atoms with Gasteiger partial charge in [0.05, 0.1) is 19.3 Å². The summed E-state index contributed by atoms with van der Waals surface area (Å²) in [5, 5.41) is 10.2. The second-order valence-electron chi connectivity index (χ2n) is 11.1. The fraction of sp³-hybridized carbons (Fsp3) is 0.312. The Morgan fingerprint density at radius 1 is 1.02 bits per heavy atom. The van der Waals surface area contributed by atoms with E-state index in [1.54, 1.807) is 43.8 Å². The van der Waals surface area contributed by atoms with Gasteiger partial charge in [0.1, 0.15) is 10.5 Å². The molecular formula is C32H36N4O5S. The molecule has 2 aromatic heterocycles. The number of carbonyl (C=O) groups is 3. The Bertz CT molecular complexity index is 1620. The van der Waals surface area contributed by atoms with Gasteiger partial charge in [-0.2, -0.15) is 5.10 Å². The lowest BCUT2D eigenvalue weighted by Crippen LogP contribution is -2.32. The van der Waals surface area contributed by atoms with E-state index in [0.29, 0.717) is 10.4 Å². The fourth-order valence-corrected chi connectivity index (χ4v) is 5.27. The minimum Gasteiger partial charge on any atom is -0.465 e. The van der Waals surface area contributed by atoms with Gasteiger partial charge in [-0.05, 0) is 98.8 Å². The number of aromatic nitrogens is 2. The second kappa shape index (κ2) is 12.6. The molecule has 1 atom stereocenters. The van der Waals surface area contributed by atoms with Crippen molar-refractivity contribution in [1.82, 2.24) is 20.4 Å². The molecule has 0 saturated heterocycles. The maximum absolute atomic E-state index is 13.5. The van der Waals surface area contributed by atoms with Gasteiger partial charge in [0, 0.05) is 35.8 Å². The molecule has 220 valence electrons. The van der Waals surface area contributed by atoms with Crippen LogP contribution in [0.4, 0.5) is 4.79 Å². The average Bonchev–Trinajstić information content (AvgIpc) is 3.60. The lowest BCUT2D eigenvalue weighted by Gasteiger charge is -2.20. The first-order chi connectivity index (χ1) is 19.8. The Kier molecular flexibility index (Phi) is 9.16. The van der Waals surface area contributed by atoms with Gasteiger partial charge >= 0.3 is 12.1 Å². The topological polar surface area (TPSA) is 112 Å². The highest BCUT2D eigenvalue weighted by molar-refractivity contribution is 7.17. The van der Waals surface area contributed by atoms with Gasteiger partial charge in [-0.1, -0.05) is 12.1 Å². The predicted molar refractivity (Wildman–Crippen MR) is 163 cm³/mol. The summed E-state index contributed by atoms with van der Waals surface area (Å²) in [5.74, 6) is -0.606. The summed E-state index contributed by atoms with van der Waals surface area (Å²) in [6.45, 7) is 9.45. The SMILES string of the molecule is COC(=O)c1ccc(-c2cc(-c3cnn(C)c3)cc(C(C)NC(=O)c3cc(CNC(=O)OC(C)(C)C)ccc3C)c2)s1. The van der Waals surface area contributed by atoms with Crippen molar-refractivity contribution in [3.05, 3.63) is 88.1 Å². The van der Waals surface area contributed by atoms with Crippen LogP contribution in [0.1, 0.15) is 70.5 Å². The van der Waals surface area contributed by atoms with Crippen molar-refractivity contribution in [1.29, 1.82) is 0 Å². The fourth-order valence-electron chi connectivity index (χ4n) is 4.35. The highest BCUT2D eigenvalue weighted by atomic mass is 32.1. The molecule has 0 spiro atoms. The lowest BCUT2D eigenvalue weighted by molar-refractivity contribution is 0.0522. The van der Waals surface area contributed by atoms with Crippen molar-refractivity contribution < 1.29 is 23.9 Å². The van der Waals surface area contributed by atoms with Crippen molar-refractivity contribution in [2.75, 3.05) is 7.11 Å². The van der Waals surface area contributed by atoms with Gasteiger partial charge < -0.3 is 20.1 Å². The maximum Gasteiger partial charge on any atom is 0.407 e. The van der Waals surface area contributed by atoms with Gasteiger partial charge in [0.25, 0.3) is 5.91 Å². The first kappa shape index (κ1) is 30.5. The molecule has 2 aromatic carbocycles. The number of nitrogens with one attached hydrogen (secondary N) is 2. The summed E-state index contributed by atoms with van der Waals surface area (Å²) >= 11 is 1.35. The van der Waals surface area contributed by atoms with E-state index in [9.17, 15) is 14.4 Å². The third-order valence-corrected chi connectivity index (χ3v) is 7.61. The first-order valence-corrected chi connectivity index (χ1v) is 14.3. The summed E-state index contributed by atoms with van der Waals surface area (Å²) in [7, 11) is 3.22. The number of amides is 2. The highest BCUT2D eigenvalue weighted by Gasteiger charge is 2.19. The molecule has 4 aromatic rings. The molecule has 0 radical (unpaired) electrons. The minimum absolute atomic E-state index is 0.225. The minimum atomic E-state index is -0.597. The van der Waals surface area contributed by atoms with Crippen LogP contribution in [-0.2, 0) is 23.1 Å². The van der Waals surface area contributed by atoms with Gasteiger partial charge in [0.2, 0.25) is 0 Å². The van der Waals surface area contributed by atoms with Crippen LogP contribution < -0.4 is 10.6 Å². The Labute approximate surface area is 249 Å². The van der Waals surface area contributed by atoms with Crippen molar-refractivity contribution >= 4 is 29.3 Å². The summed E-state index contributed by atoms with van der Waals surface area (Å²) in [4.78, 5) is 39.0. The summed E-state index contributed by atoms with van der Waals surface area (Å²) in [5.41, 5.74) is 5.21. The van der Waals surface area contributed by atoms with E-state index >= 15 is 0 Å². The molecule has 2 heterocycles. The van der Waals surface area contributed by atoms with Crippen LogP contribution in [0.2, 0.25) is 0 Å². The van der Waals surface area contributed by atoms with E-state index in [4.69, 9.17) is 9.47 Å². The van der Waals surface area contributed by atoms with Gasteiger partial charge in [-0.25, -0.2) is 9.59 Å². The Hall–Kier alpha value is -4.44. The third-order valence-electron chi connectivity index (χ3n) is 6.50. The smallest absolute Gasteiger partial charge is 0.407 e. The summed E-state index contributed by atoms with van der Waals surface area (Å²) in [6, 6.07) is 14.9. The van der Waals surface area contributed by atoms with E-state index in [2.05, 4.69) is 15.7 Å². The van der Waals surface area contributed by atoms with E-state index in [1.165, 1.54) is 18.4 Å². The molecule has 10 heteroatoms. The number of esters is 1. The van der Waals surface area contributed by atoms with Crippen molar-refractivity contribution in [2.24, 2.45) is 7.05 Å². The molecule has 0 aliphatic rings. The van der Waals surface area contributed by atoms with Crippen LogP contribution in [0.3, 0.4) is 0 Å². The molecule has 0 bridgehead atoms. The standard InChI is InChI=1S/C32H36N4O5S/c1-19-8-9-21(16-33-31(39)41-32(3,4)5)12-26(19)29(37)35-20(2)22-13-23(25-17-34-36(6)18-25)15-24(14-22)27-10-11-28(42-27)30(38)40-7/h8-15,17-18,20H,16H2,1-7H3,(H,33,39)(H,35,37). The summed E-state index contributed by atoms with van der Waals surface area (Å²) < 4.78 is 11.9. The van der Waals surface area contributed by atoms with Gasteiger partial charge in [-0.3, -0.25) is 9.48 Å². The molecule has 0 aliphatic heterocycles. The molecular weight excluding hydrogens is 552 g/mol. The predicted octanol–water partition coefficient (Wildman–Crippen LogP) is 6.43. The molecule has 4 rings (SSSR count). The van der Waals surface area contributed by atoms with Crippen LogP contribution in [0.5, 0.6) is 0 Å². The van der Waals surface area contributed by atoms with Crippen molar-refractivity contribution in [2.45, 2.75) is 52.8 Å². The number of thiophene rings is 1. The normalized spacial score (nSPS) is 12.0. The van der Waals surface area contributed by atoms with E-state index < -0.39 is 11.7 Å². The van der Waals surface area contributed by atoms with Crippen LogP contribution in [0.25, 0.3) is 21.6 Å². The van der Waals surface area contributed by atoms with Gasteiger partial charge in [0.15, 0.2) is 0 Å². The molecule has 1 unspecified atom stereocenters. The number of benzene rings is 2. The molecule has 2 N–H and O–H groups in total. The Balaban J connectivity index is 1.58. The largest absolute Gasteiger partial charge is 0.465 e. The number of alkyl carbamates (subject to hydrolysis) is 1. The van der Waals surface area contributed by atoms with E-state index in [-0.39, 0.29) is 24.5 Å². The second-order valence-corrected chi connectivity index (χ2v) is 12.2. The van der Waals surface area contributed by atoms with Crippen molar-refractivity contribution in [3.63, 3.8) is 0 Å². The number of hydrogen-bond acceptors (Lipinski definition) is 7. The van der Waals surface area contributed by atoms with Crippen LogP contribution in [0, 0.1) is 6.92 Å². The molecule has 2 amide bonds. The average molecular weight is 589 g/mol. The number of carbonyl (C=O) groups excluding carboxylic acids is 3. The molecule has 0 aliphatic carbocycles. The number of hydrogen-bond donors (Lipinski definition) is 2. The van der Waals surface area contributed by atoms with Crippen LogP contribution in [-0.4, -0.2) is 40.5 Å². The zero-order valence-electron chi connectivity index (χ0n) is 24.9. The summed E-state index contributed by atoms with van der Waals surface area (Å²) in [6.07, 6.45) is 3.21. The number of aryl methyl sites for hydroxylation is 2. The van der Waals surface area contributed by atoms with Crippen LogP contribution in [0.15, 0.2) is 60.9 Å². The highest BCUT2D eigenvalue weighted by Crippen LogP contribution is 2.34. The third kappa shape index (κ3) is 7.64. The zero-order chi connectivity index (χ0) is 30.6. The molecule has 9 nitrogen and oxygen atoms in total. The van der Waals surface area contributed by atoms with Crippen molar-refractivity contribution in [3.8, 4) is 21.6 Å². The van der Waals surface area contributed by atoms with Gasteiger partial charge in [-0.15, -0.1) is 11.3 Å².